The first-order valence-electron chi connectivity index (χ1n) is 15.2. The molecule has 2 aromatic rings. The molecular formula is C33H43ClN2O6S. The van der Waals surface area contributed by atoms with E-state index in [1.165, 1.54) is 18.2 Å². The Balaban J connectivity index is 1.37. The van der Waals surface area contributed by atoms with E-state index in [9.17, 15) is 13.2 Å². The minimum absolute atomic E-state index is 0.00879. The van der Waals surface area contributed by atoms with Crippen LogP contribution in [-0.2, 0) is 32.5 Å². The van der Waals surface area contributed by atoms with Crippen molar-refractivity contribution in [3.8, 4) is 5.75 Å². The lowest BCUT2D eigenvalue weighted by Crippen LogP contribution is -2.45. The van der Waals surface area contributed by atoms with Crippen LogP contribution in [0.15, 0.2) is 48.0 Å². The number of esters is 1. The standard InChI is InChI=1S/C33H43ClN2O6S/c1-40-32(23-8-6-22(7-9-23)21-43(35,38)39)29-14-11-26(29)19-36-16-4-3-5-24-17-28(34)13-10-27(24)20-42-31-15-12-25(18-30(31)36)33(37)41-2/h8,10,12-13,15,17-18,22,26,29,32H,3-7,9,11,14,16,19-21H2,1-2H3,(H2,35,38,39)/t22?,26-,29+,32+/m0/s1. The van der Waals surface area contributed by atoms with Crippen molar-refractivity contribution in [3.05, 3.63) is 69.8 Å². The first-order chi connectivity index (χ1) is 20.6. The average Bonchev–Trinajstić information content (AvgIpc) is 3.00. The van der Waals surface area contributed by atoms with Gasteiger partial charge in [0.05, 0.1) is 30.2 Å². The quantitative estimate of drug-likeness (QED) is 0.286. The maximum absolute atomic E-state index is 12.5. The molecular weight excluding hydrogens is 588 g/mol. The van der Waals surface area contributed by atoms with Gasteiger partial charge in [0, 0.05) is 25.2 Å². The molecule has 0 amide bonds. The molecule has 1 saturated carbocycles. The number of rotatable bonds is 8. The second kappa shape index (κ2) is 14.0. The van der Waals surface area contributed by atoms with E-state index in [4.69, 9.17) is 31.0 Å². The van der Waals surface area contributed by atoms with Gasteiger partial charge in [0.2, 0.25) is 10.0 Å². The summed E-state index contributed by atoms with van der Waals surface area (Å²) in [5.74, 6) is 1.23. The molecule has 0 aromatic heterocycles. The monoisotopic (exact) mass is 630 g/mol. The number of methoxy groups -OCH3 is 2. The van der Waals surface area contributed by atoms with Gasteiger partial charge in [0.25, 0.3) is 0 Å². The topological polar surface area (TPSA) is 108 Å². The zero-order valence-electron chi connectivity index (χ0n) is 25.1. The molecule has 0 radical (unpaired) electrons. The number of anilines is 1. The SMILES string of the molecule is COC(=O)c1ccc2c(c1)N(C[C@@H]1CC[C@H]1[C@H](OC)C1=CCC(CS(N)(=O)=O)CC1)CCCCc1cc(Cl)ccc1CO2. The molecule has 10 heteroatoms. The summed E-state index contributed by atoms with van der Waals surface area (Å²) >= 11 is 6.32. The number of hydrogen-bond acceptors (Lipinski definition) is 7. The van der Waals surface area contributed by atoms with E-state index in [-0.39, 0.29) is 23.7 Å². The van der Waals surface area contributed by atoms with Gasteiger partial charge in [-0.05, 0) is 116 Å². The van der Waals surface area contributed by atoms with E-state index in [1.807, 2.05) is 30.3 Å². The van der Waals surface area contributed by atoms with Gasteiger partial charge in [-0.25, -0.2) is 18.4 Å². The Hall–Kier alpha value is -2.59. The third kappa shape index (κ3) is 7.93. The minimum atomic E-state index is -3.48. The molecule has 1 fully saturated rings. The third-order valence-electron chi connectivity index (χ3n) is 9.36. The van der Waals surface area contributed by atoms with Crippen molar-refractivity contribution >= 4 is 33.3 Å². The van der Waals surface area contributed by atoms with E-state index in [0.29, 0.717) is 30.4 Å². The molecule has 43 heavy (non-hydrogen) atoms. The van der Waals surface area contributed by atoms with Crippen LogP contribution in [0.1, 0.15) is 66.4 Å². The van der Waals surface area contributed by atoms with Crippen LogP contribution in [0, 0.1) is 17.8 Å². The molecule has 1 heterocycles. The number of halogens is 1. The Morgan fingerprint density at radius 2 is 1.93 bits per heavy atom. The molecule has 8 nitrogen and oxygen atoms in total. The van der Waals surface area contributed by atoms with E-state index in [0.717, 1.165) is 80.1 Å². The Bertz CT molecular complexity index is 1440. The van der Waals surface area contributed by atoms with Crippen LogP contribution >= 0.6 is 11.6 Å². The molecule has 3 aliphatic rings. The zero-order chi connectivity index (χ0) is 30.6. The number of carbonyl (C=O) groups excluding carboxylic acids is 1. The largest absolute Gasteiger partial charge is 0.487 e. The number of sulfonamides is 1. The lowest BCUT2D eigenvalue weighted by atomic mass is 9.67. The van der Waals surface area contributed by atoms with Gasteiger partial charge >= 0.3 is 5.97 Å². The van der Waals surface area contributed by atoms with Crippen LogP contribution in [0.5, 0.6) is 5.75 Å². The highest BCUT2D eigenvalue weighted by Crippen LogP contribution is 2.44. The van der Waals surface area contributed by atoms with Crippen LogP contribution < -0.4 is 14.8 Å². The summed E-state index contributed by atoms with van der Waals surface area (Å²) in [6.45, 7) is 2.07. The first-order valence-corrected chi connectivity index (χ1v) is 17.3. The first kappa shape index (κ1) is 31.8. The summed E-state index contributed by atoms with van der Waals surface area (Å²) in [6, 6.07) is 11.5. The van der Waals surface area contributed by atoms with E-state index >= 15 is 0 Å². The molecule has 5 rings (SSSR count). The molecule has 0 saturated heterocycles. The summed E-state index contributed by atoms with van der Waals surface area (Å²) in [4.78, 5) is 14.9. The molecule has 1 aliphatic heterocycles. The Kier molecular flexibility index (Phi) is 10.4. The molecule has 2 N–H and O–H groups in total. The predicted molar refractivity (Wildman–Crippen MR) is 169 cm³/mol. The van der Waals surface area contributed by atoms with Crippen LogP contribution in [-0.4, -0.2) is 53.6 Å². The van der Waals surface area contributed by atoms with Gasteiger partial charge in [-0.2, -0.15) is 0 Å². The van der Waals surface area contributed by atoms with Crippen molar-refractivity contribution < 1.29 is 27.4 Å². The van der Waals surface area contributed by atoms with Crippen LogP contribution in [0.25, 0.3) is 0 Å². The van der Waals surface area contributed by atoms with Gasteiger partial charge in [-0.3, -0.25) is 0 Å². The lowest BCUT2D eigenvalue weighted by molar-refractivity contribution is 0.00349. The number of fused-ring (bicyclic) bond motifs is 2. The van der Waals surface area contributed by atoms with E-state index < -0.39 is 10.0 Å². The number of primary sulfonamides is 1. The van der Waals surface area contributed by atoms with Crippen LogP contribution in [0.4, 0.5) is 5.69 Å². The molecule has 0 bridgehead atoms. The molecule has 1 unspecified atom stereocenters. The van der Waals surface area contributed by atoms with Crippen molar-refractivity contribution in [3.63, 3.8) is 0 Å². The smallest absolute Gasteiger partial charge is 0.337 e. The Morgan fingerprint density at radius 1 is 1.09 bits per heavy atom. The van der Waals surface area contributed by atoms with Crippen molar-refractivity contribution in [1.82, 2.24) is 0 Å². The van der Waals surface area contributed by atoms with Gasteiger partial charge in [-0.15, -0.1) is 0 Å². The van der Waals surface area contributed by atoms with Gasteiger partial charge in [-0.1, -0.05) is 23.7 Å². The number of benzene rings is 2. The highest BCUT2D eigenvalue weighted by atomic mass is 35.5. The second-order valence-electron chi connectivity index (χ2n) is 12.2. The number of allylic oxidation sites excluding steroid dienone is 1. The van der Waals surface area contributed by atoms with Gasteiger partial charge in [0.15, 0.2) is 0 Å². The fourth-order valence-electron chi connectivity index (χ4n) is 6.93. The Morgan fingerprint density at radius 3 is 2.60 bits per heavy atom. The van der Waals surface area contributed by atoms with Gasteiger partial charge < -0.3 is 19.1 Å². The number of ether oxygens (including phenoxy) is 3. The summed E-state index contributed by atoms with van der Waals surface area (Å²) in [7, 11) is -0.301. The fourth-order valence-corrected chi connectivity index (χ4v) is 8.09. The normalized spacial score (nSPS) is 23.4. The molecule has 0 spiro atoms. The van der Waals surface area contributed by atoms with Crippen LogP contribution in [0.2, 0.25) is 5.02 Å². The Labute approximate surface area is 260 Å². The van der Waals surface area contributed by atoms with Crippen molar-refractivity contribution in [2.24, 2.45) is 22.9 Å². The van der Waals surface area contributed by atoms with E-state index in [1.54, 1.807) is 13.2 Å². The summed E-state index contributed by atoms with van der Waals surface area (Å²) in [5.41, 5.74) is 5.01. The lowest BCUT2D eigenvalue weighted by Gasteiger charge is -2.45. The number of hydrogen-bond donors (Lipinski definition) is 1. The predicted octanol–water partition coefficient (Wildman–Crippen LogP) is 5.90. The summed E-state index contributed by atoms with van der Waals surface area (Å²) in [5, 5.41) is 6.03. The number of nitrogens with zero attached hydrogens (tertiary/aromatic N) is 1. The highest BCUT2D eigenvalue weighted by Gasteiger charge is 2.40. The van der Waals surface area contributed by atoms with Crippen molar-refractivity contribution in [2.75, 3.05) is 38.0 Å². The maximum atomic E-state index is 12.5. The zero-order valence-corrected chi connectivity index (χ0v) is 26.7. The average molecular weight is 631 g/mol. The number of aryl methyl sites for hydroxylation is 1. The number of nitrogens with two attached hydrogens (primary N) is 1. The molecule has 234 valence electrons. The van der Waals surface area contributed by atoms with Gasteiger partial charge in [0.1, 0.15) is 12.4 Å². The highest BCUT2D eigenvalue weighted by molar-refractivity contribution is 7.89. The maximum Gasteiger partial charge on any atom is 0.337 e. The summed E-state index contributed by atoms with van der Waals surface area (Å²) in [6.07, 6.45) is 9.64. The van der Waals surface area contributed by atoms with Crippen molar-refractivity contribution in [2.45, 2.75) is 64.1 Å². The number of carbonyl (C=O) groups is 1. The van der Waals surface area contributed by atoms with Crippen molar-refractivity contribution in [1.29, 1.82) is 0 Å². The molecule has 4 atom stereocenters. The van der Waals surface area contributed by atoms with E-state index in [2.05, 4.69) is 11.0 Å². The summed E-state index contributed by atoms with van der Waals surface area (Å²) < 4.78 is 40.8. The minimum Gasteiger partial charge on any atom is -0.487 e. The fraction of sp³-hybridized carbons (Fsp3) is 0.545. The third-order valence-corrected chi connectivity index (χ3v) is 10.5. The molecule has 2 aliphatic carbocycles. The van der Waals surface area contributed by atoms with Crippen LogP contribution in [0.3, 0.4) is 0 Å². The molecule has 2 aromatic carbocycles. The second-order valence-corrected chi connectivity index (χ2v) is 14.3.